The Morgan fingerprint density at radius 1 is 1.13 bits per heavy atom. The molecule has 0 heterocycles. The van der Waals surface area contributed by atoms with Gasteiger partial charge < -0.3 is 5.11 Å². The molecule has 1 saturated carbocycles. The van der Waals surface area contributed by atoms with E-state index in [2.05, 4.69) is 17.9 Å². The zero-order chi connectivity index (χ0) is 10.5. The fourth-order valence-electron chi connectivity index (χ4n) is 2.42. The zero-order valence-electron chi connectivity index (χ0n) is 9.34. The molecule has 0 saturated heterocycles. The van der Waals surface area contributed by atoms with Crippen LogP contribution in [0.25, 0.3) is 0 Å². The molecule has 0 amide bonds. The van der Waals surface area contributed by atoms with E-state index in [0.717, 1.165) is 19.3 Å². The molecule has 0 spiro atoms. The van der Waals surface area contributed by atoms with Gasteiger partial charge in [0.05, 0.1) is 6.10 Å². The molecule has 0 aliphatic heterocycles. The summed E-state index contributed by atoms with van der Waals surface area (Å²) in [6.45, 7) is 0. The Labute approximate surface area is 92.6 Å². The third-order valence-corrected chi connectivity index (χ3v) is 3.44. The van der Waals surface area contributed by atoms with E-state index in [1.807, 2.05) is 0 Å². The summed E-state index contributed by atoms with van der Waals surface area (Å²) in [7, 11) is 0. The Morgan fingerprint density at radius 2 is 2.00 bits per heavy atom. The van der Waals surface area contributed by atoms with Crippen LogP contribution in [0.3, 0.4) is 0 Å². The quantitative estimate of drug-likeness (QED) is 0.601. The van der Waals surface area contributed by atoms with Gasteiger partial charge in [-0.15, -0.1) is 0 Å². The maximum absolute atomic E-state index is 9.78. The zero-order valence-corrected chi connectivity index (χ0v) is 9.34. The lowest BCUT2D eigenvalue weighted by Gasteiger charge is -2.22. The molecule has 2 aliphatic carbocycles. The number of hydrogen-bond donors (Lipinski definition) is 1. The summed E-state index contributed by atoms with van der Waals surface area (Å²) < 4.78 is 0. The van der Waals surface area contributed by atoms with Crippen LogP contribution >= 0.6 is 0 Å². The molecule has 15 heavy (non-hydrogen) atoms. The third kappa shape index (κ3) is 3.11. The van der Waals surface area contributed by atoms with Crippen LogP contribution in [-0.2, 0) is 0 Å². The average Bonchev–Trinajstić information content (AvgIpc) is 2.29. The second-order valence-electron chi connectivity index (χ2n) is 4.70. The minimum atomic E-state index is -0.171. The van der Waals surface area contributed by atoms with Crippen molar-refractivity contribution in [3.63, 3.8) is 0 Å². The average molecular weight is 204 g/mol. The Hall–Kier alpha value is -0.740. The maximum atomic E-state index is 9.78. The third-order valence-electron chi connectivity index (χ3n) is 3.44. The standard InChI is InChI=1S/C14H20O/c15-14-9-5-4-8-13(14)11-10-12-6-2-1-3-7-12/h6,13-15H,1-5,7-9H2. The van der Waals surface area contributed by atoms with E-state index < -0.39 is 0 Å². The van der Waals surface area contributed by atoms with Gasteiger partial charge in [0.15, 0.2) is 0 Å². The summed E-state index contributed by atoms with van der Waals surface area (Å²) in [5.74, 6) is 6.78. The molecule has 82 valence electrons. The second-order valence-corrected chi connectivity index (χ2v) is 4.70. The Kier molecular flexibility index (Phi) is 3.86. The first-order valence-electron chi connectivity index (χ1n) is 6.25. The van der Waals surface area contributed by atoms with Crippen molar-refractivity contribution in [2.75, 3.05) is 0 Å². The fraction of sp³-hybridized carbons (Fsp3) is 0.714. The van der Waals surface area contributed by atoms with Gasteiger partial charge in [-0.25, -0.2) is 0 Å². The van der Waals surface area contributed by atoms with Crippen molar-refractivity contribution in [1.82, 2.24) is 0 Å². The van der Waals surface area contributed by atoms with Crippen LogP contribution in [0.1, 0.15) is 51.4 Å². The van der Waals surface area contributed by atoms with Crippen LogP contribution in [0.5, 0.6) is 0 Å². The minimum Gasteiger partial charge on any atom is -0.392 e. The Morgan fingerprint density at radius 3 is 2.73 bits per heavy atom. The summed E-state index contributed by atoms with van der Waals surface area (Å²) in [5.41, 5.74) is 1.30. The number of aliphatic hydroxyl groups is 1. The van der Waals surface area contributed by atoms with E-state index in [1.54, 1.807) is 0 Å². The molecule has 0 aromatic rings. The largest absolute Gasteiger partial charge is 0.392 e. The van der Waals surface area contributed by atoms with E-state index in [-0.39, 0.29) is 12.0 Å². The molecule has 1 heteroatoms. The minimum absolute atomic E-state index is 0.171. The normalized spacial score (nSPS) is 31.4. The highest BCUT2D eigenvalue weighted by molar-refractivity contribution is 5.30. The molecule has 2 rings (SSSR count). The highest BCUT2D eigenvalue weighted by Gasteiger charge is 2.20. The van der Waals surface area contributed by atoms with Gasteiger partial charge in [-0.1, -0.05) is 30.8 Å². The van der Waals surface area contributed by atoms with Gasteiger partial charge in [-0.3, -0.25) is 0 Å². The summed E-state index contributed by atoms with van der Waals surface area (Å²) in [6.07, 6.45) is 11.5. The maximum Gasteiger partial charge on any atom is 0.0677 e. The van der Waals surface area contributed by atoms with Gasteiger partial charge in [0.2, 0.25) is 0 Å². The summed E-state index contributed by atoms with van der Waals surface area (Å²) >= 11 is 0. The second kappa shape index (κ2) is 5.37. The lowest BCUT2D eigenvalue weighted by molar-refractivity contribution is 0.0970. The smallest absolute Gasteiger partial charge is 0.0677 e. The topological polar surface area (TPSA) is 20.2 Å². The van der Waals surface area contributed by atoms with Gasteiger partial charge in [-0.2, -0.15) is 0 Å². The predicted molar refractivity (Wildman–Crippen MR) is 62.3 cm³/mol. The highest BCUT2D eigenvalue weighted by atomic mass is 16.3. The molecule has 1 fully saturated rings. The summed E-state index contributed by atoms with van der Waals surface area (Å²) in [6, 6.07) is 0. The van der Waals surface area contributed by atoms with Crippen LogP contribution in [0.2, 0.25) is 0 Å². The molecule has 0 radical (unpaired) electrons. The van der Waals surface area contributed by atoms with Gasteiger partial charge in [0, 0.05) is 5.92 Å². The number of aliphatic hydroxyl groups excluding tert-OH is 1. The first-order chi connectivity index (χ1) is 7.36. The van der Waals surface area contributed by atoms with Crippen LogP contribution in [-0.4, -0.2) is 11.2 Å². The van der Waals surface area contributed by atoms with Gasteiger partial charge in [0.25, 0.3) is 0 Å². The molecule has 1 nitrogen and oxygen atoms in total. The fourth-order valence-corrected chi connectivity index (χ4v) is 2.42. The monoisotopic (exact) mass is 204 g/mol. The number of hydrogen-bond acceptors (Lipinski definition) is 1. The molecule has 2 atom stereocenters. The molecule has 2 aliphatic rings. The molecule has 2 unspecified atom stereocenters. The first-order valence-corrected chi connectivity index (χ1v) is 6.25. The van der Waals surface area contributed by atoms with Crippen LogP contribution in [0.15, 0.2) is 11.6 Å². The highest BCUT2D eigenvalue weighted by Crippen LogP contribution is 2.24. The van der Waals surface area contributed by atoms with Crippen molar-refractivity contribution >= 4 is 0 Å². The van der Waals surface area contributed by atoms with Crippen LogP contribution < -0.4 is 0 Å². The van der Waals surface area contributed by atoms with Crippen molar-refractivity contribution < 1.29 is 5.11 Å². The molecule has 0 bridgehead atoms. The van der Waals surface area contributed by atoms with Crippen molar-refractivity contribution in [2.45, 2.75) is 57.5 Å². The van der Waals surface area contributed by atoms with Crippen molar-refractivity contribution in [3.05, 3.63) is 11.6 Å². The Balaban J connectivity index is 1.94. The van der Waals surface area contributed by atoms with E-state index in [0.29, 0.717) is 0 Å². The number of allylic oxidation sites excluding steroid dienone is 2. The lowest BCUT2D eigenvalue weighted by atomic mass is 9.86. The van der Waals surface area contributed by atoms with Gasteiger partial charge in [0.1, 0.15) is 0 Å². The summed E-state index contributed by atoms with van der Waals surface area (Å²) in [4.78, 5) is 0. The van der Waals surface area contributed by atoms with Crippen LogP contribution in [0, 0.1) is 17.8 Å². The first kappa shape index (κ1) is 10.8. The predicted octanol–water partition coefficient (Wildman–Crippen LogP) is 3.04. The summed E-state index contributed by atoms with van der Waals surface area (Å²) in [5, 5.41) is 9.78. The lowest BCUT2D eigenvalue weighted by Crippen LogP contribution is -2.22. The van der Waals surface area contributed by atoms with Crippen molar-refractivity contribution in [1.29, 1.82) is 0 Å². The van der Waals surface area contributed by atoms with Gasteiger partial charge in [-0.05, 0) is 44.1 Å². The SMILES string of the molecule is OC1CCCCC1C#CC1=CCCCC1. The molecule has 0 aromatic carbocycles. The van der Waals surface area contributed by atoms with Gasteiger partial charge >= 0.3 is 0 Å². The van der Waals surface area contributed by atoms with Crippen molar-refractivity contribution in [2.24, 2.45) is 5.92 Å². The van der Waals surface area contributed by atoms with E-state index in [1.165, 1.54) is 37.7 Å². The molecular weight excluding hydrogens is 184 g/mol. The van der Waals surface area contributed by atoms with Crippen LogP contribution in [0.4, 0.5) is 0 Å². The molecule has 1 N–H and O–H groups in total. The molecular formula is C14H20O. The molecule has 0 aromatic heterocycles. The van der Waals surface area contributed by atoms with E-state index in [9.17, 15) is 5.11 Å². The number of rotatable bonds is 0. The Bertz CT molecular complexity index is 292. The van der Waals surface area contributed by atoms with E-state index >= 15 is 0 Å². The van der Waals surface area contributed by atoms with E-state index in [4.69, 9.17) is 0 Å². The van der Waals surface area contributed by atoms with Crippen molar-refractivity contribution in [3.8, 4) is 11.8 Å².